The minimum absolute atomic E-state index is 0.0152. The second kappa shape index (κ2) is 6.87. The first-order valence-electron chi connectivity index (χ1n) is 6.12. The third-order valence-corrected chi connectivity index (χ3v) is 2.87. The molecule has 0 N–H and O–H groups in total. The third-order valence-electron chi connectivity index (χ3n) is 2.87. The van der Waals surface area contributed by atoms with E-state index in [9.17, 15) is 14.0 Å². The van der Waals surface area contributed by atoms with E-state index in [4.69, 9.17) is 0 Å². The molecule has 0 spiro atoms. The van der Waals surface area contributed by atoms with Crippen LogP contribution in [0, 0.1) is 11.7 Å². The number of halogens is 1. The molecule has 1 aromatic carbocycles. The summed E-state index contributed by atoms with van der Waals surface area (Å²) < 4.78 is 18.2. The van der Waals surface area contributed by atoms with Gasteiger partial charge in [0.2, 0.25) is 0 Å². The van der Waals surface area contributed by atoms with Gasteiger partial charge in [0.05, 0.1) is 18.6 Å². The molecule has 0 radical (unpaired) electrons. The lowest BCUT2D eigenvalue weighted by atomic mass is 10.1. The predicted molar refractivity (Wildman–Crippen MR) is 69.2 cm³/mol. The van der Waals surface area contributed by atoms with E-state index >= 15 is 0 Å². The fourth-order valence-electron chi connectivity index (χ4n) is 1.77. The van der Waals surface area contributed by atoms with Crippen molar-refractivity contribution in [2.75, 3.05) is 20.2 Å². The zero-order chi connectivity index (χ0) is 14.4. The molecule has 0 aromatic heterocycles. The van der Waals surface area contributed by atoms with Gasteiger partial charge in [-0.3, -0.25) is 9.59 Å². The van der Waals surface area contributed by atoms with Crippen molar-refractivity contribution in [3.05, 3.63) is 35.6 Å². The number of ether oxygens (including phenoxy) is 1. The highest BCUT2D eigenvalue weighted by molar-refractivity contribution is 5.94. The molecule has 0 aliphatic heterocycles. The summed E-state index contributed by atoms with van der Waals surface area (Å²) in [5, 5.41) is 0. The van der Waals surface area contributed by atoms with Gasteiger partial charge in [-0.2, -0.15) is 0 Å². The number of hydrogen-bond donors (Lipinski definition) is 0. The van der Waals surface area contributed by atoms with Crippen molar-refractivity contribution in [2.24, 2.45) is 5.92 Å². The Kier molecular flexibility index (Phi) is 5.48. The summed E-state index contributed by atoms with van der Waals surface area (Å²) in [4.78, 5) is 25.0. The minimum Gasteiger partial charge on any atom is -0.469 e. The van der Waals surface area contributed by atoms with E-state index in [1.165, 1.54) is 30.2 Å². The number of amides is 1. The maximum absolute atomic E-state index is 13.6. The van der Waals surface area contributed by atoms with Gasteiger partial charge in [0.25, 0.3) is 5.91 Å². The second-order valence-corrected chi connectivity index (χ2v) is 4.25. The first kappa shape index (κ1) is 15.1. The molecular weight excluding hydrogens is 249 g/mol. The Labute approximate surface area is 112 Å². The summed E-state index contributed by atoms with van der Waals surface area (Å²) in [6.45, 7) is 4.05. The summed E-state index contributed by atoms with van der Waals surface area (Å²) in [6.07, 6.45) is 0. The standard InChI is InChI=1S/C14H18FNO3/c1-4-16(9-10(2)14(18)19-3)13(17)11-7-5-6-8-12(11)15/h5-8,10H,4,9H2,1-3H3. The molecule has 1 unspecified atom stereocenters. The molecule has 19 heavy (non-hydrogen) atoms. The lowest BCUT2D eigenvalue weighted by Crippen LogP contribution is -2.37. The Morgan fingerprint density at radius 1 is 1.37 bits per heavy atom. The molecule has 5 heteroatoms. The van der Waals surface area contributed by atoms with Crippen LogP contribution in [-0.2, 0) is 9.53 Å². The second-order valence-electron chi connectivity index (χ2n) is 4.25. The van der Waals surface area contributed by atoms with E-state index in [0.29, 0.717) is 6.54 Å². The highest BCUT2D eigenvalue weighted by Gasteiger charge is 2.22. The summed E-state index contributed by atoms with van der Waals surface area (Å²) in [7, 11) is 1.30. The molecule has 1 rings (SSSR count). The zero-order valence-electron chi connectivity index (χ0n) is 11.4. The van der Waals surface area contributed by atoms with Crippen LogP contribution in [0.2, 0.25) is 0 Å². The maximum Gasteiger partial charge on any atom is 0.310 e. The molecule has 0 bridgehead atoms. The van der Waals surface area contributed by atoms with Crippen molar-refractivity contribution in [1.82, 2.24) is 4.90 Å². The number of methoxy groups -OCH3 is 1. The van der Waals surface area contributed by atoms with Crippen molar-refractivity contribution in [3.8, 4) is 0 Å². The number of benzene rings is 1. The summed E-state index contributed by atoms with van der Waals surface area (Å²) in [6, 6.07) is 5.81. The van der Waals surface area contributed by atoms with E-state index in [1.807, 2.05) is 0 Å². The first-order chi connectivity index (χ1) is 9.01. The Balaban J connectivity index is 2.83. The highest BCUT2D eigenvalue weighted by atomic mass is 19.1. The molecule has 0 saturated carbocycles. The quantitative estimate of drug-likeness (QED) is 0.767. The molecule has 0 aliphatic carbocycles. The van der Waals surface area contributed by atoms with Crippen LogP contribution in [0.5, 0.6) is 0 Å². The Hall–Kier alpha value is -1.91. The van der Waals surface area contributed by atoms with Gasteiger partial charge in [-0.1, -0.05) is 19.1 Å². The van der Waals surface area contributed by atoms with E-state index in [1.54, 1.807) is 19.9 Å². The molecule has 0 aliphatic rings. The molecular formula is C14H18FNO3. The lowest BCUT2D eigenvalue weighted by molar-refractivity contribution is -0.145. The van der Waals surface area contributed by atoms with Crippen LogP contribution in [0.25, 0.3) is 0 Å². The fraction of sp³-hybridized carbons (Fsp3) is 0.429. The molecule has 4 nitrogen and oxygen atoms in total. The van der Waals surface area contributed by atoms with Crippen LogP contribution in [0.15, 0.2) is 24.3 Å². The van der Waals surface area contributed by atoms with E-state index < -0.39 is 17.6 Å². The maximum atomic E-state index is 13.6. The molecule has 0 saturated heterocycles. The van der Waals surface area contributed by atoms with Gasteiger partial charge < -0.3 is 9.64 Å². The fourth-order valence-corrected chi connectivity index (χ4v) is 1.77. The molecule has 1 aromatic rings. The summed E-state index contributed by atoms with van der Waals surface area (Å²) in [5.74, 6) is -1.81. The topological polar surface area (TPSA) is 46.6 Å². The lowest BCUT2D eigenvalue weighted by Gasteiger charge is -2.23. The van der Waals surface area contributed by atoms with Crippen LogP contribution in [-0.4, -0.2) is 37.0 Å². The van der Waals surface area contributed by atoms with Crippen molar-refractivity contribution in [1.29, 1.82) is 0 Å². The SMILES string of the molecule is CCN(CC(C)C(=O)OC)C(=O)c1ccccc1F. The smallest absolute Gasteiger partial charge is 0.310 e. The van der Waals surface area contributed by atoms with Crippen molar-refractivity contribution in [3.63, 3.8) is 0 Å². The normalized spacial score (nSPS) is 11.8. The van der Waals surface area contributed by atoms with Crippen LogP contribution >= 0.6 is 0 Å². The third kappa shape index (κ3) is 3.77. The number of nitrogens with zero attached hydrogens (tertiary/aromatic N) is 1. The van der Waals surface area contributed by atoms with Crippen LogP contribution in [0.3, 0.4) is 0 Å². The van der Waals surface area contributed by atoms with Gasteiger partial charge in [-0.25, -0.2) is 4.39 Å². The van der Waals surface area contributed by atoms with Crippen LogP contribution in [0.1, 0.15) is 24.2 Å². The number of rotatable bonds is 5. The van der Waals surface area contributed by atoms with E-state index in [2.05, 4.69) is 4.74 Å². The van der Waals surface area contributed by atoms with Gasteiger partial charge in [-0.05, 0) is 19.1 Å². The van der Waals surface area contributed by atoms with Crippen molar-refractivity contribution < 1.29 is 18.7 Å². The van der Waals surface area contributed by atoms with E-state index in [-0.39, 0.29) is 18.1 Å². The first-order valence-corrected chi connectivity index (χ1v) is 6.12. The van der Waals surface area contributed by atoms with E-state index in [0.717, 1.165) is 0 Å². The summed E-state index contributed by atoms with van der Waals surface area (Å²) in [5.41, 5.74) is 0.0152. The number of carbonyl (C=O) groups excluding carboxylic acids is 2. The molecule has 1 atom stereocenters. The van der Waals surface area contributed by atoms with Gasteiger partial charge in [0.15, 0.2) is 0 Å². The Bertz CT molecular complexity index is 462. The zero-order valence-corrected chi connectivity index (χ0v) is 11.4. The van der Waals surface area contributed by atoms with Gasteiger partial charge >= 0.3 is 5.97 Å². The average molecular weight is 267 g/mol. The van der Waals surface area contributed by atoms with Crippen LogP contribution < -0.4 is 0 Å². The summed E-state index contributed by atoms with van der Waals surface area (Å²) >= 11 is 0. The monoisotopic (exact) mass is 267 g/mol. The number of hydrogen-bond acceptors (Lipinski definition) is 3. The minimum atomic E-state index is -0.559. The Morgan fingerprint density at radius 3 is 2.53 bits per heavy atom. The molecule has 0 fully saturated rings. The largest absolute Gasteiger partial charge is 0.469 e. The average Bonchev–Trinajstić information content (AvgIpc) is 2.43. The molecule has 0 heterocycles. The van der Waals surface area contributed by atoms with Crippen LogP contribution in [0.4, 0.5) is 4.39 Å². The Morgan fingerprint density at radius 2 is 2.00 bits per heavy atom. The molecule has 104 valence electrons. The molecule has 1 amide bonds. The van der Waals surface area contributed by atoms with Crippen molar-refractivity contribution >= 4 is 11.9 Å². The van der Waals surface area contributed by atoms with Gasteiger partial charge in [-0.15, -0.1) is 0 Å². The van der Waals surface area contributed by atoms with Gasteiger partial charge in [0, 0.05) is 13.1 Å². The van der Waals surface area contributed by atoms with Gasteiger partial charge in [0.1, 0.15) is 5.82 Å². The predicted octanol–water partition coefficient (Wildman–Crippen LogP) is 2.10. The number of esters is 1. The highest BCUT2D eigenvalue weighted by Crippen LogP contribution is 2.12. The number of carbonyl (C=O) groups is 2. The van der Waals surface area contributed by atoms with Crippen molar-refractivity contribution in [2.45, 2.75) is 13.8 Å².